The Morgan fingerprint density at radius 1 is 1.62 bits per heavy atom. The second kappa shape index (κ2) is 3.47. The SMILES string of the molecule is Cc1n[nH]c(C)c1OC(C)C(=O)O. The first kappa shape index (κ1) is 9.57. The van der Waals surface area contributed by atoms with Crippen LogP contribution < -0.4 is 4.74 Å². The van der Waals surface area contributed by atoms with Gasteiger partial charge in [0.15, 0.2) is 11.9 Å². The third-order valence-corrected chi connectivity index (χ3v) is 1.70. The number of carboxylic acid groups (broad SMARTS) is 1. The van der Waals surface area contributed by atoms with Gasteiger partial charge in [-0.15, -0.1) is 0 Å². The second-order valence-corrected chi connectivity index (χ2v) is 2.86. The van der Waals surface area contributed by atoms with E-state index >= 15 is 0 Å². The summed E-state index contributed by atoms with van der Waals surface area (Å²) in [5.41, 5.74) is 1.41. The number of nitrogens with zero attached hydrogens (tertiary/aromatic N) is 1. The third kappa shape index (κ3) is 1.99. The fourth-order valence-corrected chi connectivity index (χ4v) is 0.941. The van der Waals surface area contributed by atoms with Crippen LogP contribution >= 0.6 is 0 Å². The number of aliphatic carboxylic acids is 1. The zero-order chi connectivity index (χ0) is 10.0. The molecule has 72 valence electrons. The number of carboxylic acids is 1. The van der Waals surface area contributed by atoms with Crippen molar-refractivity contribution >= 4 is 5.97 Å². The summed E-state index contributed by atoms with van der Waals surface area (Å²) < 4.78 is 5.18. The molecule has 1 heterocycles. The van der Waals surface area contributed by atoms with E-state index < -0.39 is 12.1 Å². The van der Waals surface area contributed by atoms with E-state index in [0.29, 0.717) is 11.4 Å². The van der Waals surface area contributed by atoms with Crippen molar-refractivity contribution in [1.82, 2.24) is 10.2 Å². The van der Waals surface area contributed by atoms with Crippen molar-refractivity contribution in [1.29, 1.82) is 0 Å². The van der Waals surface area contributed by atoms with Gasteiger partial charge in [-0.1, -0.05) is 0 Å². The average Bonchev–Trinajstić information content (AvgIpc) is 2.35. The molecular weight excluding hydrogens is 172 g/mol. The Bertz CT molecular complexity index is 300. The van der Waals surface area contributed by atoms with Crippen molar-refractivity contribution in [2.75, 3.05) is 0 Å². The van der Waals surface area contributed by atoms with Gasteiger partial charge in [-0.05, 0) is 20.8 Å². The van der Waals surface area contributed by atoms with Crippen LogP contribution in [0, 0.1) is 13.8 Å². The van der Waals surface area contributed by atoms with Crippen molar-refractivity contribution in [3.05, 3.63) is 11.4 Å². The Morgan fingerprint density at radius 2 is 2.23 bits per heavy atom. The Kier molecular flexibility index (Phi) is 2.55. The van der Waals surface area contributed by atoms with Crippen LogP contribution in [0.2, 0.25) is 0 Å². The Labute approximate surface area is 75.7 Å². The Balaban J connectivity index is 2.79. The highest BCUT2D eigenvalue weighted by molar-refractivity contribution is 5.72. The molecule has 0 spiro atoms. The first-order valence-corrected chi connectivity index (χ1v) is 3.93. The number of aromatic nitrogens is 2. The maximum Gasteiger partial charge on any atom is 0.344 e. The van der Waals surface area contributed by atoms with Gasteiger partial charge in [-0.25, -0.2) is 4.79 Å². The van der Waals surface area contributed by atoms with Crippen LogP contribution in [-0.2, 0) is 4.79 Å². The van der Waals surface area contributed by atoms with Crippen LogP contribution in [0.4, 0.5) is 0 Å². The number of rotatable bonds is 3. The minimum Gasteiger partial charge on any atom is -0.479 e. The van der Waals surface area contributed by atoms with Gasteiger partial charge in [0.25, 0.3) is 0 Å². The second-order valence-electron chi connectivity index (χ2n) is 2.86. The monoisotopic (exact) mass is 184 g/mol. The molecule has 2 N–H and O–H groups in total. The molecule has 0 aliphatic heterocycles. The molecule has 0 aliphatic carbocycles. The lowest BCUT2D eigenvalue weighted by atomic mass is 10.3. The predicted octanol–water partition coefficient (Wildman–Crippen LogP) is 0.878. The first-order valence-electron chi connectivity index (χ1n) is 3.93. The summed E-state index contributed by atoms with van der Waals surface area (Å²) in [6, 6.07) is 0. The molecule has 0 saturated heterocycles. The molecule has 5 heteroatoms. The van der Waals surface area contributed by atoms with Gasteiger partial charge in [0, 0.05) is 0 Å². The largest absolute Gasteiger partial charge is 0.479 e. The smallest absolute Gasteiger partial charge is 0.344 e. The molecule has 0 saturated carbocycles. The predicted molar refractivity (Wildman–Crippen MR) is 45.8 cm³/mol. The fraction of sp³-hybridized carbons (Fsp3) is 0.500. The standard InChI is InChI=1S/C8H12N2O3/c1-4-7(5(2)10-9-4)13-6(3)8(11)12/h6H,1-3H3,(H,9,10)(H,11,12). The highest BCUT2D eigenvalue weighted by Gasteiger charge is 2.16. The molecule has 0 aliphatic rings. The van der Waals surface area contributed by atoms with Crippen molar-refractivity contribution in [3.8, 4) is 5.75 Å². The Hall–Kier alpha value is -1.52. The third-order valence-electron chi connectivity index (χ3n) is 1.70. The minimum atomic E-state index is -0.986. The number of nitrogens with one attached hydrogen (secondary N) is 1. The molecule has 1 rings (SSSR count). The molecule has 0 radical (unpaired) electrons. The highest BCUT2D eigenvalue weighted by atomic mass is 16.5. The van der Waals surface area contributed by atoms with E-state index in [1.807, 2.05) is 0 Å². The molecule has 5 nitrogen and oxygen atoms in total. The van der Waals surface area contributed by atoms with Gasteiger partial charge < -0.3 is 9.84 Å². The summed E-state index contributed by atoms with van der Waals surface area (Å²) in [4.78, 5) is 10.5. The number of aromatic amines is 1. The normalized spacial score (nSPS) is 12.5. The van der Waals surface area contributed by atoms with Crippen molar-refractivity contribution in [3.63, 3.8) is 0 Å². The van der Waals surface area contributed by atoms with Gasteiger partial charge in [0.1, 0.15) is 5.69 Å². The van der Waals surface area contributed by atoms with Crippen molar-refractivity contribution in [2.45, 2.75) is 26.9 Å². The van der Waals surface area contributed by atoms with Crippen molar-refractivity contribution in [2.24, 2.45) is 0 Å². The summed E-state index contributed by atoms with van der Waals surface area (Å²) in [5, 5.41) is 15.2. The molecule has 1 unspecified atom stereocenters. The molecule has 0 fully saturated rings. The van der Waals surface area contributed by atoms with Gasteiger partial charge in [0.05, 0.1) is 5.69 Å². The van der Waals surface area contributed by atoms with E-state index in [9.17, 15) is 4.79 Å². The molecule has 0 aromatic carbocycles. The summed E-state index contributed by atoms with van der Waals surface area (Å²) in [7, 11) is 0. The van der Waals surface area contributed by atoms with Gasteiger partial charge in [-0.3, -0.25) is 5.10 Å². The van der Waals surface area contributed by atoms with E-state index in [1.54, 1.807) is 13.8 Å². The van der Waals surface area contributed by atoms with Gasteiger partial charge in [0.2, 0.25) is 0 Å². The number of carbonyl (C=O) groups is 1. The molecule has 1 aromatic heterocycles. The lowest BCUT2D eigenvalue weighted by Gasteiger charge is -2.09. The molecule has 1 atom stereocenters. The van der Waals surface area contributed by atoms with Crippen molar-refractivity contribution < 1.29 is 14.6 Å². The fourth-order valence-electron chi connectivity index (χ4n) is 0.941. The van der Waals surface area contributed by atoms with Crippen LogP contribution in [0.1, 0.15) is 18.3 Å². The van der Waals surface area contributed by atoms with Crippen LogP contribution in [-0.4, -0.2) is 27.4 Å². The summed E-state index contributed by atoms with van der Waals surface area (Å²) in [6.45, 7) is 5.02. The summed E-state index contributed by atoms with van der Waals surface area (Å²) in [5.74, 6) is -0.463. The number of H-pyrrole nitrogens is 1. The molecule has 0 bridgehead atoms. The van der Waals surface area contributed by atoms with E-state index in [4.69, 9.17) is 9.84 Å². The number of aryl methyl sites for hydroxylation is 2. The quantitative estimate of drug-likeness (QED) is 0.731. The zero-order valence-electron chi connectivity index (χ0n) is 7.79. The Morgan fingerprint density at radius 3 is 2.62 bits per heavy atom. The lowest BCUT2D eigenvalue weighted by molar-refractivity contribution is -0.144. The number of hydrogen-bond acceptors (Lipinski definition) is 3. The van der Waals surface area contributed by atoms with Gasteiger partial charge >= 0.3 is 5.97 Å². The van der Waals surface area contributed by atoms with E-state index in [0.717, 1.165) is 5.69 Å². The maximum atomic E-state index is 10.5. The summed E-state index contributed by atoms with van der Waals surface area (Å²) in [6.07, 6.45) is -0.852. The molecule has 1 aromatic rings. The van der Waals surface area contributed by atoms with Gasteiger partial charge in [-0.2, -0.15) is 5.10 Å². The van der Waals surface area contributed by atoms with Crippen LogP contribution in [0.15, 0.2) is 0 Å². The molecular formula is C8H12N2O3. The number of ether oxygens (including phenoxy) is 1. The summed E-state index contributed by atoms with van der Waals surface area (Å²) >= 11 is 0. The first-order chi connectivity index (χ1) is 6.02. The highest BCUT2D eigenvalue weighted by Crippen LogP contribution is 2.20. The molecule has 13 heavy (non-hydrogen) atoms. The van der Waals surface area contributed by atoms with E-state index in [1.165, 1.54) is 6.92 Å². The van der Waals surface area contributed by atoms with Crippen LogP contribution in [0.25, 0.3) is 0 Å². The maximum absolute atomic E-state index is 10.5. The minimum absolute atomic E-state index is 0.523. The topological polar surface area (TPSA) is 75.2 Å². The zero-order valence-corrected chi connectivity index (χ0v) is 7.79. The molecule has 0 amide bonds. The number of hydrogen-bond donors (Lipinski definition) is 2. The lowest BCUT2D eigenvalue weighted by Crippen LogP contribution is -2.23. The van der Waals surface area contributed by atoms with E-state index in [-0.39, 0.29) is 0 Å². The van der Waals surface area contributed by atoms with Crippen LogP contribution in [0.3, 0.4) is 0 Å². The average molecular weight is 184 g/mol. The van der Waals surface area contributed by atoms with E-state index in [2.05, 4.69) is 10.2 Å². The van der Waals surface area contributed by atoms with Crippen LogP contribution in [0.5, 0.6) is 5.75 Å².